The number of halogens is 1. The van der Waals surface area contributed by atoms with E-state index in [2.05, 4.69) is 13.5 Å². The third-order valence-electron chi connectivity index (χ3n) is 3.53. The molecule has 1 aliphatic carbocycles. The van der Waals surface area contributed by atoms with E-state index in [-0.39, 0.29) is 11.4 Å². The van der Waals surface area contributed by atoms with Gasteiger partial charge < -0.3 is 0 Å². The van der Waals surface area contributed by atoms with Crippen molar-refractivity contribution in [2.75, 3.05) is 0 Å². The standard InChI is InChI=1S/C16H16FN/c1-3-12-5-4-6-14(12)13-7-8-16(17)15(9-13)11(2)10-18/h7-9H,2-6H2,1H3. The molecule has 0 aliphatic heterocycles. The molecule has 0 spiro atoms. The lowest BCUT2D eigenvalue weighted by Gasteiger charge is -2.09. The lowest BCUT2D eigenvalue weighted by Crippen LogP contribution is -1.92. The highest BCUT2D eigenvalue weighted by Crippen LogP contribution is 2.36. The molecule has 0 N–H and O–H groups in total. The molecule has 0 atom stereocenters. The normalized spacial score (nSPS) is 14.7. The Labute approximate surface area is 107 Å². The molecule has 0 unspecified atom stereocenters. The zero-order valence-electron chi connectivity index (χ0n) is 10.6. The fourth-order valence-corrected chi connectivity index (χ4v) is 2.55. The zero-order valence-corrected chi connectivity index (χ0v) is 10.6. The number of nitriles is 1. The average molecular weight is 241 g/mol. The van der Waals surface area contributed by atoms with Crippen molar-refractivity contribution in [2.24, 2.45) is 0 Å². The van der Waals surface area contributed by atoms with Crippen molar-refractivity contribution in [1.82, 2.24) is 0 Å². The molecule has 92 valence electrons. The fraction of sp³-hybridized carbons (Fsp3) is 0.312. The molecule has 1 aromatic carbocycles. The second-order valence-corrected chi connectivity index (χ2v) is 4.57. The quantitative estimate of drug-likeness (QED) is 0.703. The van der Waals surface area contributed by atoms with Crippen LogP contribution in [0.5, 0.6) is 0 Å². The highest BCUT2D eigenvalue weighted by molar-refractivity contribution is 5.79. The van der Waals surface area contributed by atoms with E-state index in [1.54, 1.807) is 12.1 Å². The summed E-state index contributed by atoms with van der Waals surface area (Å²) >= 11 is 0. The second kappa shape index (κ2) is 5.18. The highest BCUT2D eigenvalue weighted by atomic mass is 19.1. The summed E-state index contributed by atoms with van der Waals surface area (Å²) in [4.78, 5) is 0. The molecule has 0 radical (unpaired) electrons. The van der Waals surface area contributed by atoms with Crippen LogP contribution >= 0.6 is 0 Å². The molecule has 1 aliphatic rings. The first-order chi connectivity index (χ1) is 8.67. The third-order valence-corrected chi connectivity index (χ3v) is 3.53. The fourth-order valence-electron chi connectivity index (χ4n) is 2.55. The average Bonchev–Trinajstić information content (AvgIpc) is 2.86. The summed E-state index contributed by atoms with van der Waals surface area (Å²) < 4.78 is 13.6. The van der Waals surface area contributed by atoms with Crippen molar-refractivity contribution in [3.63, 3.8) is 0 Å². The number of nitrogens with zero attached hydrogens (tertiary/aromatic N) is 1. The van der Waals surface area contributed by atoms with Crippen molar-refractivity contribution in [1.29, 1.82) is 5.26 Å². The van der Waals surface area contributed by atoms with E-state index >= 15 is 0 Å². The largest absolute Gasteiger partial charge is 0.206 e. The van der Waals surface area contributed by atoms with Gasteiger partial charge in [0.05, 0.1) is 11.6 Å². The van der Waals surface area contributed by atoms with Crippen LogP contribution in [0.2, 0.25) is 0 Å². The van der Waals surface area contributed by atoms with Crippen LogP contribution in [0.3, 0.4) is 0 Å². The van der Waals surface area contributed by atoms with Crippen molar-refractivity contribution < 1.29 is 4.39 Å². The summed E-state index contributed by atoms with van der Waals surface area (Å²) in [6.07, 6.45) is 4.40. The van der Waals surface area contributed by atoms with Crippen LogP contribution in [0, 0.1) is 17.1 Å². The van der Waals surface area contributed by atoms with Crippen LogP contribution in [-0.4, -0.2) is 0 Å². The van der Waals surface area contributed by atoms with Crippen LogP contribution in [0.15, 0.2) is 30.4 Å². The molecule has 1 aromatic rings. The van der Waals surface area contributed by atoms with Crippen LogP contribution in [0.25, 0.3) is 11.1 Å². The molecule has 0 heterocycles. The second-order valence-electron chi connectivity index (χ2n) is 4.57. The Morgan fingerprint density at radius 1 is 1.44 bits per heavy atom. The first-order valence-electron chi connectivity index (χ1n) is 6.27. The summed E-state index contributed by atoms with van der Waals surface area (Å²) in [5.74, 6) is -0.373. The molecule has 0 aromatic heterocycles. The number of benzene rings is 1. The summed E-state index contributed by atoms with van der Waals surface area (Å²) in [5, 5.41) is 8.84. The number of rotatable bonds is 3. The van der Waals surface area contributed by atoms with E-state index in [9.17, 15) is 4.39 Å². The van der Waals surface area contributed by atoms with Gasteiger partial charge in [0.15, 0.2) is 0 Å². The van der Waals surface area contributed by atoms with Gasteiger partial charge in [0.25, 0.3) is 0 Å². The smallest absolute Gasteiger partial charge is 0.131 e. The Kier molecular flexibility index (Phi) is 3.62. The van der Waals surface area contributed by atoms with E-state index in [4.69, 9.17) is 5.26 Å². The van der Waals surface area contributed by atoms with Crippen molar-refractivity contribution in [3.05, 3.63) is 47.3 Å². The van der Waals surface area contributed by atoms with E-state index < -0.39 is 0 Å². The minimum absolute atomic E-state index is 0.186. The SMILES string of the molecule is C=C(C#N)c1cc(C2=C(CC)CCC2)ccc1F. The molecule has 0 fully saturated rings. The number of hydrogen-bond acceptors (Lipinski definition) is 1. The summed E-state index contributed by atoms with van der Waals surface area (Å²) in [7, 11) is 0. The predicted octanol–water partition coefficient (Wildman–Crippen LogP) is 4.71. The van der Waals surface area contributed by atoms with E-state index in [0.29, 0.717) is 5.56 Å². The molecule has 0 saturated heterocycles. The molecule has 0 amide bonds. The van der Waals surface area contributed by atoms with Crippen LogP contribution in [-0.2, 0) is 0 Å². The topological polar surface area (TPSA) is 23.8 Å². The third kappa shape index (κ3) is 2.22. The highest BCUT2D eigenvalue weighted by Gasteiger charge is 2.16. The molecule has 1 nitrogen and oxygen atoms in total. The van der Waals surface area contributed by atoms with Gasteiger partial charge in [0.2, 0.25) is 0 Å². The first kappa shape index (κ1) is 12.6. The summed E-state index contributed by atoms with van der Waals surface area (Å²) in [6.45, 7) is 5.75. The summed E-state index contributed by atoms with van der Waals surface area (Å²) in [6, 6.07) is 6.92. The molecule has 2 rings (SSSR count). The van der Waals surface area contributed by atoms with Crippen LogP contribution in [0.4, 0.5) is 4.39 Å². The van der Waals surface area contributed by atoms with Crippen LogP contribution < -0.4 is 0 Å². The maximum absolute atomic E-state index is 13.6. The number of hydrogen-bond donors (Lipinski definition) is 0. The Hall–Kier alpha value is -1.88. The number of allylic oxidation sites excluding steroid dienone is 3. The maximum Gasteiger partial charge on any atom is 0.131 e. The van der Waals surface area contributed by atoms with Crippen molar-refractivity contribution in [2.45, 2.75) is 32.6 Å². The Morgan fingerprint density at radius 2 is 2.22 bits per heavy atom. The van der Waals surface area contributed by atoms with Gasteiger partial charge >= 0.3 is 0 Å². The minimum atomic E-state index is -0.373. The van der Waals surface area contributed by atoms with Gasteiger partial charge in [-0.15, -0.1) is 0 Å². The molecule has 2 heteroatoms. The van der Waals surface area contributed by atoms with Gasteiger partial charge in [0, 0.05) is 5.56 Å². The molecular formula is C16H16FN. The van der Waals surface area contributed by atoms with Gasteiger partial charge in [-0.25, -0.2) is 4.39 Å². The van der Waals surface area contributed by atoms with Crippen LogP contribution in [0.1, 0.15) is 43.7 Å². The molecule has 0 saturated carbocycles. The molecule has 18 heavy (non-hydrogen) atoms. The lowest BCUT2D eigenvalue weighted by molar-refractivity contribution is 0.624. The predicted molar refractivity (Wildman–Crippen MR) is 72.1 cm³/mol. The molecule has 0 bridgehead atoms. The van der Waals surface area contributed by atoms with E-state index in [1.807, 2.05) is 6.07 Å². The molecular weight excluding hydrogens is 225 g/mol. The Bertz CT molecular complexity index is 561. The Balaban J connectivity index is 2.48. The monoisotopic (exact) mass is 241 g/mol. The van der Waals surface area contributed by atoms with Crippen molar-refractivity contribution >= 4 is 11.1 Å². The first-order valence-corrected chi connectivity index (χ1v) is 6.27. The van der Waals surface area contributed by atoms with Gasteiger partial charge in [-0.05, 0) is 49.0 Å². The van der Waals surface area contributed by atoms with Gasteiger partial charge in [-0.2, -0.15) is 5.26 Å². The lowest BCUT2D eigenvalue weighted by atomic mass is 9.96. The van der Waals surface area contributed by atoms with Gasteiger partial charge in [-0.3, -0.25) is 0 Å². The van der Waals surface area contributed by atoms with E-state index in [0.717, 1.165) is 24.8 Å². The summed E-state index contributed by atoms with van der Waals surface area (Å²) in [5.41, 5.74) is 4.33. The van der Waals surface area contributed by atoms with Gasteiger partial charge in [-0.1, -0.05) is 25.1 Å². The maximum atomic E-state index is 13.6. The Morgan fingerprint density at radius 3 is 2.89 bits per heavy atom. The minimum Gasteiger partial charge on any atom is -0.206 e. The van der Waals surface area contributed by atoms with Crippen molar-refractivity contribution in [3.8, 4) is 6.07 Å². The van der Waals surface area contributed by atoms with Gasteiger partial charge in [0.1, 0.15) is 5.82 Å². The zero-order chi connectivity index (χ0) is 13.1. The van der Waals surface area contributed by atoms with E-state index in [1.165, 1.54) is 23.6 Å².